The summed E-state index contributed by atoms with van der Waals surface area (Å²) in [4.78, 5) is 13.3. The molecule has 0 saturated heterocycles. The Morgan fingerprint density at radius 2 is 2.31 bits per heavy atom. The Morgan fingerprint density at radius 3 is 3.00 bits per heavy atom. The first-order chi connectivity index (χ1) is 7.59. The lowest BCUT2D eigenvalue weighted by molar-refractivity contribution is -0.133. The summed E-state index contributed by atoms with van der Waals surface area (Å²) in [6, 6.07) is 4.52. The van der Waals surface area contributed by atoms with E-state index in [1.807, 2.05) is 6.07 Å². The van der Waals surface area contributed by atoms with Gasteiger partial charge in [-0.15, -0.1) is 0 Å². The summed E-state index contributed by atoms with van der Waals surface area (Å²) in [5, 5.41) is 0. The summed E-state index contributed by atoms with van der Waals surface area (Å²) in [6.45, 7) is 2.61. The second-order valence-corrected chi connectivity index (χ2v) is 4.18. The predicted molar refractivity (Wildman–Crippen MR) is 59.2 cm³/mol. The highest BCUT2D eigenvalue weighted by Crippen LogP contribution is 2.21. The van der Waals surface area contributed by atoms with Gasteiger partial charge in [0.25, 0.3) is 0 Å². The number of fused-ring (bicyclic) bond motifs is 1. The van der Waals surface area contributed by atoms with Crippen LogP contribution in [0.4, 0.5) is 4.39 Å². The molecule has 4 heteroatoms. The number of hydrogen-bond acceptors (Lipinski definition) is 2. The molecule has 3 nitrogen and oxygen atoms in total. The van der Waals surface area contributed by atoms with Crippen molar-refractivity contribution in [1.29, 1.82) is 0 Å². The van der Waals surface area contributed by atoms with E-state index in [-0.39, 0.29) is 11.7 Å². The predicted octanol–water partition coefficient (Wildman–Crippen LogP) is 1.06. The third-order valence-electron chi connectivity index (χ3n) is 2.92. The van der Waals surface area contributed by atoms with Crippen LogP contribution in [0.2, 0.25) is 0 Å². The van der Waals surface area contributed by atoms with Gasteiger partial charge in [-0.25, -0.2) is 4.39 Å². The highest BCUT2D eigenvalue weighted by atomic mass is 19.1. The first-order valence-electron chi connectivity index (χ1n) is 5.40. The number of nitrogens with two attached hydrogens (primary N) is 1. The molecule has 0 unspecified atom stereocenters. The van der Waals surface area contributed by atoms with E-state index < -0.39 is 6.04 Å². The second-order valence-electron chi connectivity index (χ2n) is 4.18. The first kappa shape index (κ1) is 11.1. The van der Waals surface area contributed by atoms with Gasteiger partial charge in [-0.3, -0.25) is 4.79 Å². The first-order valence-corrected chi connectivity index (χ1v) is 5.40. The number of carbonyl (C=O) groups is 1. The average Bonchev–Trinajstić information content (AvgIpc) is 2.28. The van der Waals surface area contributed by atoms with Gasteiger partial charge in [0.15, 0.2) is 0 Å². The van der Waals surface area contributed by atoms with Crippen molar-refractivity contribution in [3.63, 3.8) is 0 Å². The summed E-state index contributed by atoms with van der Waals surface area (Å²) >= 11 is 0. The Labute approximate surface area is 94.0 Å². The Balaban J connectivity index is 2.23. The number of carbonyl (C=O) groups excluding carboxylic acids is 1. The molecular formula is C12H15FN2O. The van der Waals surface area contributed by atoms with Crippen LogP contribution in [-0.4, -0.2) is 23.4 Å². The van der Waals surface area contributed by atoms with Crippen LogP contribution in [0.25, 0.3) is 0 Å². The van der Waals surface area contributed by atoms with Crippen molar-refractivity contribution in [3.05, 3.63) is 35.1 Å². The molecule has 1 heterocycles. The smallest absolute Gasteiger partial charge is 0.239 e. The maximum Gasteiger partial charge on any atom is 0.239 e. The third-order valence-corrected chi connectivity index (χ3v) is 2.92. The molecular weight excluding hydrogens is 207 g/mol. The fourth-order valence-corrected chi connectivity index (χ4v) is 2.02. The Morgan fingerprint density at radius 1 is 1.56 bits per heavy atom. The van der Waals surface area contributed by atoms with Crippen LogP contribution in [0.5, 0.6) is 0 Å². The molecule has 0 spiro atoms. The molecule has 1 amide bonds. The average molecular weight is 222 g/mol. The maximum absolute atomic E-state index is 13.5. The molecule has 2 rings (SSSR count). The van der Waals surface area contributed by atoms with E-state index in [1.165, 1.54) is 6.07 Å². The van der Waals surface area contributed by atoms with Crippen molar-refractivity contribution in [2.75, 3.05) is 6.54 Å². The Hall–Kier alpha value is -1.42. The van der Waals surface area contributed by atoms with E-state index in [2.05, 4.69) is 0 Å². The van der Waals surface area contributed by atoms with Crippen LogP contribution in [0.3, 0.4) is 0 Å². The molecule has 2 N–H and O–H groups in total. The molecule has 16 heavy (non-hydrogen) atoms. The lowest BCUT2D eigenvalue weighted by Gasteiger charge is -2.30. The lowest BCUT2D eigenvalue weighted by atomic mass is 9.99. The van der Waals surface area contributed by atoms with Crippen molar-refractivity contribution < 1.29 is 9.18 Å². The number of benzene rings is 1. The Kier molecular flexibility index (Phi) is 2.92. The molecule has 0 fully saturated rings. The summed E-state index contributed by atoms with van der Waals surface area (Å²) < 4.78 is 13.5. The minimum Gasteiger partial charge on any atom is -0.337 e. The Bertz CT molecular complexity index is 417. The highest BCUT2D eigenvalue weighted by Gasteiger charge is 2.24. The monoisotopic (exact) mass is 222 g/mol. The second kappa shape index (κ2) is 4.22. The van der Waals surface area contributed by atoms with E-state index in [0.717, 1.165) is 5.56 Å². The van der Waals surface area contributed by atoms with Crippen molar-refractivity contribution in [3.8, 4) is 0 Å². The topological polar surface area (TPSA) is 46.3 Å². The zero-order chi connectivity index (χ0) is 11.7. The fraction of sp³-hybridized carbons (Fsp3) is 0.417. The van der Waals surface area contributed by atoms with Crippen molar-refractivity contribution >= 4 is 5.91 Å². The van der Waals surface area contributed by atoms with Gasteiger partial charge >= 0.3 is 0 Å². The summed E-state index contributed by atoms with van der Waals surface area (Å²) in [7, 11) is 0. The molecule has 0 saturated carbocycles. The fourth-order valence-electron chi connectivity index (χ4n) is 2.02. The van der Waals surface area contributed by atoms with Gasteiger partial charge in [-0.1, -0.05) is 12.1 Å². The van der Waals surface area contributed by atoms with E-state index in [9.17, 15) is 9.18 Å². The lowest BCUT2D eigenvalue weighted by Crippen LogP contribution is -2.44. The summed E-state index contributed by atoms with van der Waals surface area (Å²) in [5.74, 6) is -0.353. The van der Waals surface area contributed by atoms with Gasteiger partial charge in [-0.05, 0) is 25.0 Å². The van der Waals surface area contributed by atoms with E-state index in [0.29, 0.717) is 25.1 Å². The standard InChI is InChI=1S/C12H15FN2O/c1-8(14)12(16)15-6-5-9-3-2-4-11(13)10(9)7-15/h2-4,8H,5-7,14H2,1H3/t8-/m1/s1. The van der Waals surface area contributed by atoms with Gasteiger partial charge in [0.05, 0.1) is 6.04 Å². The highest BCUT2D eigenvalue weighted by molar-refractivity contribution is 5.81. The van der Waals surface area contributed by atoms with Crippen LogP contribution in [0.15, 0.2) is 18.2 Å². The van der Waals surface area contributed by atoms with Crippen molar-refractivity contribution in [1.82, 2.24) is 4.90 Å². The number of halogens is 1. The molecule has 0 radical (unpaired) electrons. The molecule has 1 atom stereocenters. The van der Waals surface area contributed by atoms with Crippen LogP contribution in [0, 0.1) is 5.82 Å². The zero-order valence-electron chi connectivity index (χ0n) is 9.24. The molecule has 86 valence electrons. The largest absolute Gasteiger partial charge is 0.337 e. The SMILES string of the molecule is C[C@@H](N)C(=O)N1CCc2cccc(F)c2C1. The molecule has 0 aliphatic carbocycles. The number of nitrogens with zero attached hydrogens (tertiary/aromatic N) is 1. The third kappa shape index (κ3) is 1.93. The van der Waals surface area contributed by atoms with Crippen molar-refractivity contribution in [2.45, 2.75) is 25.9 Å². The molecule has 0 bridgehead atoms. The van der Waals surface area contributed by atoms with Gasteiger partial charge in [0.1, 0.15) is 5.82 Å². The molecule has 0 aromatic heterocycles. The van der Waals surface area contributed by atoms with Crippen LogP contribution < -0.4 is 5.73 Å². The number of rotatable bonds is 1. The normalized spacial score (nSPS) is 16.8. The molecule has 1 aromatic carbocycles. The van der Waals surface area contributed by atoms with Crippen LogP contribution >= 0.6 is 0 Å². The minimum absolute atomic E-state index is 0.117. The van der Waals surface area contributed by atoms with Gasteiger partial charge in [0.2, 0.25) is 5.91 Å². The van der Waals surface area contributed by atoms with E-state index in [4.69, 9.17) is 5.73 Å². The van der Waals surface area contributed by atoms with Crippen molar-refractivity contribution in [2.24, 2.45) is 5.73 Å². The number of hydrogen-bond donors (Lipinski definition) is 1. The minimum atomic E-state index is -0.520. The van der Waals surface area contributed by atoms with E-state index >= 15 is 0 Å². The van der Waals surface area contributed by atoms with E-state index in [1.54, 1.807) is 17.9 Å². The van der Waals surface area contributed by atoms with Gasteiger partial charge in [-0.2, -0.15) is 0 Å². The molecule has 1 aromatic rings. The zero-order valence-corrected chi connectivity index (χ0v) is 9.24. The molecule has 1 aliphatic heterocycles. The summed E-state index contributed by atoms with van der Waals surface area (Å²) in [5.41, 5.74) is 7.16. The van der Waals surface area contributed by atoms with Gasteiger partial charge in [0, 0.05) is 18.7 Å². The summed E-state index contributed by atoms with van der Waals surface area (Å²) in [6.07, 6.45) is 0.700. The maximum atomic E-state index is 13.5. The van der Waals surface area contributed by atoms with Gasteiger partial charge < -0.3 is 10.6 Å². The van der Waals surface area contributed by atoms with Crippen LogP contribution in [-0.2, 0) is 17.8 Å². The number of amides is 1. The van der Waals surface area contributed by atoms with Crippen LogP contribution in [0.1, 0.15) is 18.1 Å². The molecule has 1 aliphatic rings. The quantitative estimate of drug-likeness (QED) is 0.772.